The first-order valence-corrected chi connectivity index (χ1v) is 7.55. The van der Waals surface area contributed by atoms with Crippen molar-refractivity contribution in [1.82, 2.24) is 4.90 Å². The van der Waals surface area contributed by atoms with Gasteiger partial charge in [-0.05, 0) is 43.4 Å². The maximum atomic E-state index is 2.78. The monoisotopic (exact) mass is 223 g/mol. The van der Waals surface area contributed by atoms with Crippen LogP contribution in [0.2, 0.25) is 0 Å². The second-order valence-corrected chi connectivity index (χ2v) is 6.11. The molecule has 16 heavy (non-hydrogen) atoms. The standard InChI is InChI=1S/C15H29N/c1-3-6-13(7-4-2)10-16-11-14-8-5-9-15(14)12-16/h13-15H,3-12H2,1-2H3. The predicted molar refractivity (Wildman–Crippen MR) is 70.6 cm³/mol. The fraction of sp³-hybridized carbons (Fsp3) is 1.00. The molecule has 2 atom stereocenters. The highest BCUT2D eigenvalue weighted by Gasteiger charge is 2.36. The van der Waals surface area contributed by atoms with Gasteiger partial charge in [0.1, 0.15) is 0 Å². The lowest BCUT2D eigenvalue weighted by Crippen LogP contribution is -2.28. The van der Waals surface area contributed by atoms with E-state index < -0.39 is 0 Å². The smallest absolute Gasteiger partial charge is 0.00130 e. The molecule has 2 aliphatic rings. The Balaban J connectivity index is 1.75. The van der Waals surface area contributed by atoms with Gasteiger partial charge in [-0.1, -0.05) is 33.1 Å². The van der Waals surface area contributed by atoms with Gasteiger partial charge in [0.15, 0.2) is 0 Å². The van der Waals surface area contributed by atoms with Crippen molar-refractivity contribution in [1.29, 1.82) is 0 Å². The van der Waals surface area contributed by atoms with Gasteiger partial charge in [-0.15, -0.1) is 0 Å². The summed E-state index contributed by atoms with van der Waals surface area (Å²) in [5.74, 6) is 3.13. The first-order chi connectivity index (χ1) is 7.83. The average molecular weight is 223 g/mol. The zero-order chi connectivity index (χ0) is 11.4. The number of fused-ring (bicyclic) bond motifs is 1. The van der Waals surface area contributed by atoms with Crippen molar-refractivity contribution in [3.05, 3.63) is 0 Å². The number of hydrogen-bond acceptors (Lipinski definition) is 1. The maximum absolute atomic E-state index is 2.78. The molecule has 2 unspecified atom stereocenters. The minimum absolute atomic E-state index is 0.980. The van der Waals surface area contributed by atoms with Gasteiger partial charge in [0, 0.05) is 19.6 Å². The Labute approximate surface area is 102 Å². The third kappa shape index (κ3) is 3.00. The molecule has 2 fully saturated rings. The van der Waals surface area contributed by atoms with E-state index >= 15 is 0 Å². The van der Waals surface area contributed by atoms with E-state index in [1.807, 2.05) is 0 Å². The Morgan fingerprint density at radius 3 is 2.06 bits per heavy atom. The SMILES string of the molecule is CCCC(CCC)CN1CC2CCCC2C1. The Hall–Kier alpha value is -0.0400. The molecular weight excluding hydrogens is 194 g/mol. The fourth-order valence-corrected chi connectivity index (χ4v) is 3.99. The topological polar surface area (TPSA) is 3.24 Å². The third-order valence-electron chi connectivity index (χ3n) is 4.71. The molecule has 1 aliphatic heterocycles. The lowest BCUT2D eigenvalue weighted by Gasteiger charge is -2.23. The van der Waals surface area contributed by atoms with Crippen molar-refractivity contribution in [3.8, 4) is 0 Å². The summed E-state index contributed by atoms with van der Waals surface area (Å²) < 4.78 is 0. The number of likely N-dealkylation sites (tertiary alicyclic amines) is 1. The zero-order valence-corrected chi connectivity index (χ0v) is 11.3. The first kappa shape index (κ1) is 12.4. The molecule has 0 N–H and O–H groups in total. The Kier molecular flexibility index (Phi) is 4.69. The zero-order valence-electron chi connectivity index (χ0n) is 11.3. The molecule has 94 valence electrons. The van der Waals surface area contributed by atoms with Crippen LogP contribution < -0.4 is 0 Å². The van der Waals surface area contributed by atoms with Gasteiger partial charge < -0.3 is 4.90 Å². The predicted octanol–water partition coefficient (Wildman–Crippen LogP) is 3.93. The van der Waals surface area contributed by atoms with Gasteiger partial charge in [0.05, 0.1) is 0 Å². The van der Waals surface area contributed by atoms with E-state index in [1.165, 1.54) is 64.6 Å². The van der Waals surface area contributed by atoms with E-state index in [9.17, 15) is 0 Å². The molecule has 0 spiro atoms. The minimum atomic E-state index is 0.980. The van der Waals surface area contributed by atoms with Crippen LogP contribution >= 0.6 is 0 Å². The van der Waals surface area contributed by atoms with Crippen LogP contribution in [0.3, 0.4) is 0 Å². The van der Waals surface area contributed by atoms with Crippen molar-refractivity contribution in [3.63, 3.8) is 0 Å². The van der Waals surface area contributed by atoms with E-state index in [0.717, 1.165) is 17.8 Å². The summed E-state index contributed by atoms with van der Waals surface area (Å²) in [5.41, 5.74) is 0. The lowest BCUT2D eigenvalue weighted by atomic mass is 9.98. The molecule has 1 saturated heterocycles. The van der Waals surface area contributed by atoms with E-state index in [0.29, 0.717) is 0 Å². The van der Waals surface area contributed by atoms with Gasteiger partial charge in [-0.25, -0.2) is 0 Å². The molecule has 1 nitrogen and oxygen atoms in total. The van der Waals surface area contributed by atoms with Crippen LogP contribution in [0, 0.1) is 17.8 Å². The Morgan fingerprint density at radius 1 is 1.00 bits per heavy atom. The van der Waals surface area contributed by atoms with Crippen LogP contribution in [0.5, 0.6) is 0 Å². The summed E-state index contributed by atoms with van der Waals surface area (Å²) in [7, 11) is 0. The minimum Gasteiger partial charge on any atom is -0.302 e. The molecule has 0 amide bonds. The second kappa shape index (κ2) is 6.05. The second-order valence-electron chi connectivity index (χ2n) is 6.11. The summed E-state index contributed by atoms with van der Waals surface area (Å²) in [4.78, 5) is 2.78. The van der Waals surface area contributed by atoms with Gasteiger partial charge >= 0.3 is 0 Å². The van der Waals surface area contributed by atoms with Crippen molar-refractivity contribution >= 4 is 0 Å². The highest BCUT2D eigenvalue weighted by molar-refractivity contribution is 4.89. The van der Waals surface area contributed by atoms with Crippen molar-refractivity contribution in [2.24, 2.45) is 17.8 Å². The maximum Gasteiger partial charge on any atom is 0.00130 e. The molecule has 2 rings (SSSR count). The summed E-state index contributed by atoms with van der Waals surface area (Å²) in [6.07, 6.45) is 10.2. The lowest BCUT2D eigenvalue weighted by molar-refractivity contribution is 0.241. The molecule has 0 aromatic rings. The third-order valence-corrected chi connectivity index (χ3v) is 4.71. The highest BCUT2D eigenvalue weighted by atomic mass is 15.2. The molecule has 0 aromatic heterocycles. The van der Waals surface area contributed by atoms with E-state index in [2.05, 4.69) is 18.7 Å². The van der Waals surface area contributed by atoms with Crippen LogP contribution in [0.1, 0.15) is 58.8 Å². The average Bonchev–Trinajstić information content (AvgIpc) is 2.78. The number of nitrogens with zero attached hydrogens (tertiary/aromatic N) is 1. The fourth-order valence-electron chi connectivity index (χ4n) is 3.99. The molecule has 1 aliphatic carbocycles. The van der Waals surface area contributed by atoms with Gasteiger partial charge in [-0.2, -0.15) is 0 Å². The summed E-state index contributed by atoms with van der Waals surface area (Å²) in [6, 6.07) is 0. The van der Waals surface area contributed by atoms with E-state index in [4.69, 9.17) is 0 Å². The molecule has 1 saturated carbocycles. The Morgan fingerprint density at radius 2 is 1.56 bits per heavy atom. The van der Waals surface area contributed by atoms with Crippen molar-refractivity contribution < 1.29 is 0 Å². The summed E-state index contributed by atoms with van der Waals surface area (Å²) in [5, 5.41) is 0. The van der Waals surface area contributed by atoms with Crippen LogP contribution in [-0.2, 0) is 0 Å². The molecular formula is C15H29N. The molecule has 1 heterocycles. The largest absolute Gasteiger partial charge is 0.302 e. The van der Waals surface area contributed by atoms with E-state index in [1.54, 1.807) is 0 Å². The normalized spacial score (nSPS) is 30.2. The number of hydrogen-bond donors (Lipinski definition) is 0. The van der Waals surface area contributed by atoms with Crippen LogP contribution in [0.25, 0.3) is 0 Å². The highest BCUT2D eigenvalue weighted by Crippen LogP contribution is 2.38. The quantitative estimate of drug-likeness (QED) is 0.659. The Bertz CT molecular complexity index is 184. The number of rotatable bonds is 6. The summed E-state index contributed by atoms with van der Waals surface area (Å²) >= 11 is 0. The van der Waals surface area contributed by atoms with Crippen molar-refractivity contribution in [2.75, 3.05) is 19.6 Å². The van der Waals surface area contributed by atoms with Gasteiger partial charge in [0.2, 0.25) is 0 Å². The van der Waals surface area contributed by atoms with Crippen LogP contribution in [-0.4, -0.2) is 24.5 Å². The van der Waals surface area contributed by atoms with Gasteiger partial charge in [0.25, 0.3) is 0 Å². The van der Waals surface area contributed by atoms with E-state index in [-0.39, 0.29) is 0 Å². The first-order valence-electron chi connectivity index (χ1n) is 7.55. The molecule has 0 radical (unpaired) electrons. The molecule has 0 aromatic carbocycles. The summed E-state index contributed by atoms with van der Waals surface area (Å²) in [6.45, 7) is 8.92. The van der Waals surface area contributed by atoms with Crippen molar-refractivity contribution in [2.45, 2.75) is 58.8 Å². The van der Waals surface area contributed by atoms with Gasteiger partial charge in [-0.3, -0.25) is 0 Å². The molecule has 1 heteroatoms. The van der Waals surface area contributed by atoms with Crippen LogP contribution in [0.15, 0.2) is 0 Å². The molecule has 0 bridgehead atoms. The van der Waals surface area contributed by atoms with Crippen LogP contribution in [0.4, 0.5) is 0 Å².